The zero-order valence-corrected chi connectivity index (χ0v) is 19.1. The summed E-state index contributed by atoms with van der Waals surface area (Å²) in [5.74, 6) is -0.956. The Labute approximate surface area is 199 Å². The third-order valence-electron chi connectivity index (χ3n) is 4.73. The van der Waals surface area contributed by atoms with E-state index >= 15 is 0 Å². The van der Waals surface area contributed by atoms with Crippen LogP contribution >= 0.6 is 0 Å². The van der Waals surface area contributed by atoms with Gasteiger partial charge in [-0.25, -0.2) is 16.8 Å². The van der Waals surface area contributed by atoms with E-state index in [4.69, 9.17) is 0 Å². The first-order chi connectivity index (χ1) is 16.5. The van der Waals surface area contributed by atoms with Crippen LogP contribution in [0.5, 0.6) is 5.75 Å². The van der Waals surface area contributed by atoms with Gasteiger partial charge in [0.15, 0.2) is 5.75 Å². The quantitative estimate of drug-likeness (QED) is 0.273. The highest BCUT2D eigenvalue weighted by molar-refractivity contribution is 7.86. The summed E-state index contributed by atoms with van der Waals surface area (Å²) in [6.07, 6.45) is 0. The Hall–Kier alpha value is -4.04. The van der Waals surface area contributed by atoms with Crippen LogP contribution in [0.15, 0.2) is 109 Å². The lowest BCUT2D eigenvalue weighted by atomic mass is 10.1. The van der Waals surface area contributed by atoms with Gasteiger partial charge in [-0.1, -0.05) is 24.3 Å². The van der Waals surface area contributed by atoms with Crippen LogP contribution < -0.4 is 0 Å². The molecule has 0 spiro atoms. The molecule has 35 heavy (non-hydrogen) atoms. The first-order valence-electron chi connectivity index (χ1n) is 9.72. The van der Waals surface area contributed by atoms with E-state index in [-0.39, 0.29) is 16.5 Å². The SMILES string of the molecule is O=S(=O)([O-])c1ccc2c(N=Nc3ccc(N=Nc4ccccc4)cc3)c(O)c(S(=O)(=O)[O-])cc2c1. The topological polar surface area (TPSA) is 184 Å². The van der Waals surface area contributed by atoms with Crippen LogP contribution in [0, 0.1) is 0 Å². The second-order valence-corrected chi connectivity index (χ2v) is 9.84. The fourth-order valence-corrected chi connectivity index (χ4v) is 4.19. The van der Waals surface area contributed by atoms with E-state index in [1.165, 1.54) is 0 Å². The van der Waals surface area contributed by atoms with Crippen molar-refractivity contribution in [3.63, 3.8) is 0 Å². The summed E-state index contributed by atoms with van der Waals surface area (Å²) in [4.78, 5) is -1.68. The largest absolute Gasteiger partial charge is 0.744 e. The number of hydrogen-bond acceptors (Lipinski definition) is 11. The van der Waals surface area contributed by atoms with Gasteiger partial charge in [0.1, 0.15) is 25.9 Å². The van der Waals surface area contributed by atoms with Crippen molar-refractivity contribution in [1.82, 2.24) is 0 Å². The molecule has 4 aromatic carbocycles. The fraction of sp³-hybridized carbons (Fsp3) is 0. The van der Waals surface area contributed by atoms with Crippen molar-refractivity contribution in [2.75, 3.05) is 0 Å². The highest BCUT2D eigenvalue weighted by Gasteiger charge is 2.18. The van der Waals surface area contributed by atoms with Gasteiger partial charge >= 0.3 is 0 Å². The highest BCUT2D eigenvalue weighted by atomic mass is 32.2. The van der Waals surface area contributed by atoms with Crippen molar-refractivity contribution < 1.29 is 31.0 Å². The standard InChI is InChI=1S/C22H16N4O7S2/c27-22-20(35(31,32)33)13-14-12-18(34(28,29)30)10-11-19(14)21(22)26-25-17-8-6-16(7-9-17)24-23-15-4-2-1-3-5-15/h1-13,27H,(H,28,29,30)(H,31,32,33)/p-2. The number of hydrogen-bond donors (Lipinski definition) is 1. The summed E-state index contributed by atoms with van der Waals surface area (Å²) in [6, 6.07) is 19.1. The third kappa shape index (κ3) is 5.55. The Kier molecular flexibility index (Phi) is 6.41. The molecule has 13 heteroatoms. The molecule has 4 aromatic rings. The molecule has 178 valence electrons. The number of aromatic hydroxyl groups is 1. The van der Waals surface area contributed by atoms with Crippen molar-refractivity contribution >= 4 is 53.8 Å². The lowest BCUT2D eigenvalue weighted by Gasteiger charge is -2.14. The second-order valence-electron chi connectivity index (χ2n) is 7.12. The maximum Gasteiger partial charge on any atom is 0.161 e. The lowest BCUT2D eigenvalue weighted by Crippen LogP contribution is -2.01. The molecular formula is C22H14N4O7S2-2. The number of azo groups is 2. The van der Waals surface area contributed by atoms with Gasteiger partial charge in [-0.2, -0.15) is 15.3 Å². The average molecular weight is 511 g/mol. The molecule has 0 unspecified atom stereocenters. The van der Waals surface area contributed by atoms with Crippen LogP contribution in [0.4, 0.5) is 22.7 Å². The predicted octanol–water partition coefficient (Wildman–Crippen LogP) is 5.18. The predicted molar refractivity (Wildman–Crippen MR) is 123 cm³/mol. The molecule has 0 aliphatic carbocycles. The molecule has 0 saturated carbocycles. The minimum absolute atomic E-state index is 0.0688. The zero-order chi connectivity index (χ0) is 25.2. The van der Waals surface area contributed by atoms with E-state index in [2.05, 4.69) is 20.5 Å². The van der Waals surface area contributed by atoms with E-state index in [9.17, 15) is 31.0 Å². The molecule has 0 radical (unpaired) electrons. The van der Waals surface area contributed by atoms with Gasteiger partial charge in [0.25, 0.3) is 0 Å². The molecule has 0 heterocycles. The molecule has 0 atom stereocenters. The van der Waals surface area contributed by atoms with Gasteiger partial charge in [-0.05, 0) is 60.0 Å². The normalized spacial score (nSPS) is 12.6. The molecule has 0 fully saturated rings. The number of benzene rings is 4. The van der Waals surface area contributed by atoms with Crippen LogP contribution in [0.2, 0.25) is 0 Å². The van der Waals surface area contributed by atoms with Gasteiger partial charge < -0.3 is 14.2 Å². The summed E-state index contributed by atoms with van der Waals surface area (Å²) in [6.45, 7) is 0. The van der Waals surface area contributed by atoms with Gasteiger partial charge in [-0.3, -0.25) is 0 Å². The zero-order valence-electron chi connectivity index (χ0n) is 17.5. The van der Waals surface area contributed by atoms with Crippen molar-refractivity contribution in [3.05, 3.63) is 78.9 Å². The number of phenols is 1. The minimum Gasteiger partial charge on any atom is -0.744 e. The van der Waals surface area contributed by atoms with Gasteiger partial charge in [0, 0.05) is 5.39 Å². The van der Waals surface area contributed by atoms with Crippen LogP contribution in [-0.2, 0) is 20.2 Å². The number of nitrogens with zero attached hydrogens (tertiary/aromatic N) is 4. The van der Waals surface area contributed by atoms with Gasteiger partial charge in [0.2, 0.25) is 0 Å². The Morgan fingerprint density at radius 2 is 1.17 bits per heavy atom. The summed E-state index contributed by atoms with van der Waals surface area (Å²) >= 11 is 0. The van der Waals surface area contributed by atoms with Crippen molar-refractivity contribution in [2.24, 2.45) is 20.5 Å². The van der Waals surface area contributed by atoms with E-state index in [1.807, 2.05) is 18.2 Å². The second kappa shape index (κ2) is 9.31. The molecule has 0 saturated heterocycles. The van der Waals surface area contributed by atoms with E-state index in [0.29, 0.717) is 17.1 Å². The van der Waals surface area contributed by atoms with E-state index < -0.39 is 35.8 Å². The maximum atomic E-state index is 11.6. The molecule has 0 aliphatic heterocycles. The summed E-state index contributed by atoms with van der Waals surface area (Å²) in [5, 5.41) is 26.4. The first kappa shape index (κ1) is 24.1. The summed E-state index contributed by atoms with van der Waals surface area (Å²) in [5.41, 5.74) is 1.09. The summed E-state index contributed by atoms with van der Waals surface area (Å²) in [7, 11) is -10.0. The van der Waals surface area contributed by atoms with Crippen LogP contribution in [0.1, 0.15) is 0 Å². The van der Waals surface area contributed by atoms with Crippen LogP contribution in [0.3, 0.4) is 0 Å². The molecule has 11 nitrogen and oxygen atoms in total. The van der Waals surface area contributed by atoms with Crippen LogP contribution in [0.25, 0.3) is 10.8 Å². The molecular weight excluding hydrogens is 496 g/mol. The van der Waals surface area contributed by atoms with Crippen molar-refractivity contribution in [1.29, 1.82) is 0 Å². The number of fused-ring (bicyclic) bond motifs is 1. The molecule has 1 N–H and O–H groups in total. The molecule has 0 amide bonds. The smallest absolute Gasteiger partial charge is 0.161 e. The van der Waals surface area contributed by atoms with Crippen molar-refractivity contribution in [3.8, 4) is 5.75 Å². The van der Waals surface area contributed by atoms with Crippen LogP contribution in [-0.4, -0.2) is 31.0 Å². The molecule has 0 bridgehead atoms. The Balaban J connectivity index is 1.73. The number of rotatable bonds is 6. The minimum atomic E-state index is -5.17. The summed E-state index contributed by atoms with van der Waals surface area (Å²) < 4.78 is 68.9. The average Bonchev–Trinajstić information content (AvgIpc) is 2.81. The Bertz CT molecular complexity index is 1690. The van der Waals surface area contributed by atoms with E-state index in [1.54, 1.807) is 36.4 Å². The highest BCUT2D eigenvalue weighted by Crippen LogP contribution is 2.42. The molecule has 0 aromatic heterocycles. The monoisotopic (exact) mass is 510 g/mol. The Morgan fingerprint density at radius 1 is 0.629 bits per heavy atom. The van der Waals surface area contributed by atoms with Gasteiger partial charge in [0.05, 0.1) is 26.9 Å². The molecule has 4 rings (SSSR count). The first-order valence-corrected chi connectivity index (χ1v) is 12.5. The third-order valence-corrected chi connectivity index (χ3v) is 6.41. The lowest BCUT2D eigenvalue weighted by molar-refractivity contribution is 0.436. The Morgan fingerprint density at radius 3 is 1.71 bits per heavy atom. The fourth-order valence-electron chi connectivity index (χ4n) is 3.08. The van der Waals surface area contributed by atoms with Crippen molar-refractivity contribution in [2.45, 2.75) is 9.79 Å². The molecule has 0 aliphatic rings. The number of phenolic OH excluding ortho intramolecular Hbond substituents is 1. The van der Waals surface area contributed by atoms with Gasteiger partial charge in [-0.15, -0.1) is 5.11 Å². The maximum absolute atomic E-state index is 11.6. The van der Waals surface area contributed by atoms with E-state index in [0.717, 1.165) is 24.3 Å².